The molecule has 0 aliphatic rings. The van der Waals surface area contributed by atoms with Crippen LogP contribution in [0.3, 0.4) is 0 Å². The summed E-state index contributed by atoms with van der Waals surface area (Å²) in [7, 11) is 0. The Bertz CT molecular complexity index is 1070. The van der Waals surface area contributed by atoms with E-state index in [2.05, 4.69) is 10.3 Å². The van der Waals surface area contributed by atoms with Crippen LogP contribution < -0.4 is 15.8 Å². The molecule has 0 radical (unpaired) electrons. The number of halogens is 2. The van der Waals surface area contributed by atoms with Gasteiger partial charge in [-0.2, -0.15) is 0 Å². The third-order valence-corrected chi connectivity index (χ3v) is 5.61. The van der Waals surface area contributed by atoms with Gasteiger partial charge in [0.15, 0.2) is 0 Å². The van der Waals surface area contributed by atoms with E-state index in [0.29, 0.717) is 40.1 Å². The molecule has 2 amide bonds. The lowest BCUT2D eigenvalue weighted by atomic mass is 10.2. The minimum Gasteiger partial charge on any atom is -0.486 e. The number of nitrogens with zero attached hydrogens (tertiary/aromatic N) is 2. The molecule has 3 rings (SSSR count). The second kappa shape index (κ2) is 9.51. The first kappa shape index (κ1) is 22.1. The highest BCUT2D eigenvalue weighted by Crippen LogP contribution is 2.29. The predicted octanol–water partition coefficient (Wildman–Crippen LogP) is 4.04. The minimum absolute atomic E-state index is 0.120. The normalized spacial score (nSPS) is 10.8. The SMILES string of the molecule is CC(=O)NCCn1c(-c2csc(COc3cc(Cl)cc(Cl)c3)n2)cc(C(N)=O)c1C. The molecule has 0 aliphatic heterocycles. The maximum atomic E-state index is 11.8. The van der Waals surface area contributed by atoms with Crippen molar-refractivity contribution in [1.29, 1.82) is 0 Å². The average molecular weight is 467 g/mol. The zero-order chi connectivity index (χ0) is 21.8. The van der Waals surface area contributed by atoms with E-state index in [1.807, 2.05) is 16.9 Å². The van der Waals surface area contributed by atoms with Crippen LogP contribution in [0.4, 0.5) is 0 Å². The summed E-state index contributed by atoms with van der Waals surface area (Å²) in [5.74, 6) is -0.0795. The molecule has 10 heteroatoms. The summed E-state index contributed by atoms with van der Waals surface area (Å²) in [5, 5.41) is 6.37. The Hall–Kier alpha value is -2.55. The molecule has 0 fully saturated rings. The van der Waals surface area contributed by atoms with Crippen LogP contribution >= 0.6 is 34.5 Å². The summed E-state index contributed by atoms with van der Waals surface area (Å²) >= 11 is 13.4. The van der Waals surface area contributed by atoms with Crippen molar-refractivity contribution in [3.63, 3.8) is 0 Å². The van der Waals surface area contributed by atoms with E-state index in [4.69, 9.17) is 33.7 Å². The van der Waals surface area contributed by atoms with Crippen molar-refractivity contribution < 1.29 is 14.3 Å². The second-order valence-electron chi connectivity index (χ2n) is 6.55. The van der Waals surface area contributed by atoms with Gasteiger partial charge in [-0.3, -0.25) is 9.59 Å². The lowest BCUT2D eigenvalue weighted by Crippen LogP contribution is -2.25. The Morgan fingerprint density at radius 1 is 1.23 bits per heavy atom. The Labute approximate surface area is 187 Å². The number of nitrogens with two attached hydrogens (primary N) is 1. The molecular formula is C20H20Cl2N4O3S. The van der Waals surface area contributed by atoms with Crippen molar-refractivity contribution in [3.8, 4) is 17.1 Å². The molecule has 0 aliphatic carbocycles. The van der Waals surface area contributed by atoms with Crippen LogP contribution in [0.25, 0.3) is 11.4 Å². The molecule has 158 valence electrons. The standard InChI is InChI=1S/C20H20Cl2N4O3S/c1-11-16(20(23)28)8-18(26(11)4-3-24-12(2)27)17-10-30-19(25-17)9-29-15-6-13(21)5-14(22)7-15/h5-8,10H,3-4,9H2,1-2H3,(H2,23,28)(H,24,27). The Morgan fingerprint density at radius 3 is 2.57 bits per heavy atom. The lowest BCUT2D eigenvalue weighted by molar-refractivity contribution is -0.118. The third kappa shape index (κ3) is 5.33. The number of carbonyl (C=O) groups is 2. The maximum Gasteiger partial charge on any atom is 0.250 e. The lowest BCUT2D eigenvalue weighted by Gasteiger charge is -2.11. The van der Waals surface area contributed by atoms with Crippen LogP contribution in [0.1, 0.15) is 28.0 Å². The van der Waals surface area contributed by atoms with Gasteiger partial charge in [0.25, 0.3) is 5.91 Å². The summed E-state index contributed by atoms with van der Waals surface area (Å²) in [4.78, 5) is 27.6. The average Bonchev–Trinajstić information content (AvgIpc) is 3.24. The first-order valence-corrected chi connectivity index (χ1v) is 10.7. The van der Waals surface area contributed by atoms with Gasteiger partial charge in [0.2, 0.25) is 5.91 Å². The van der Waals surface area contributed by atoms with Gasteiger partial charge >= 0.3 is 0 Å². The summed E-state index contributed by atoms with van der Waals surface area (Å²) in [6.07, 6.45) is 0. The molecule has 7 nitrogen and oxygen atoms in total. The highest BCUT2D eigenvalue weighted by atomic mass is 35.5. The number of nitrogens with one attached hydrogen (secondary N) is 1. The fraction of sp³-hybridized carbons (Fsp3) is 0.250. The molecule has 1 aromatic carbocycles. The number of thiazole rings is 1. The molecule has 0 atom stereocenters. The highest BCUT2D eigenvalue weighted by Gasteiger charge is 2.18. The molecule has 30 heavy (non-hydrogen) atoms. The summed E-state index contributed by atoms with van der Waals surface area (Å²) < 4.78 is 7.67. The van der Waals surface area contributed by atoms with Crippen LogP contribution in [-0.2, 0) is 17.9 Å². The molecule has 3 aromatic rings. The van der Waals surface area contributed by atoms with Gasteiger partial charge < -0.3 is 20.4 Å². The monoisotopic (exact) mass is 466 g/mol. The third-order valence-electron chi connectivity index (χ3n) is 4.35. The summed E-state index contributed by atoms with van der Waals surface area (Å²) in [5.41, 5.74) is 8.11. The van der Waals surface area contributed by atoms with Gasteiger partial charge in [-0.05, 0) is 31.2 Å². The van der Waals surface area contributed by atoms with Gasteiger partial charge in [0, 0.05) is 41.1 Å². The molecule has 3 N–H and O–H groups in total. The van der Waals surface area contributed by atoms with Crippen molar-refractivity contribution in [3.05, 3.63) is 56.0 Å². The summed E-state index contributed by atoms with van der Waals surface area (Å²) in [6, 6.07) is 6.71. The van der Waals surface area contributed by atoms with Gasteiger partial charge in [0.05, 0.1) is 17.0 Å². The van der Waals surface area contributed by atoms with E-state index >= 15 is 0 Å². The van der Waals surface area contributed by atoms with Crippen LogP contribution in [0.15, 0.2) is 29.6 Å². The van der Waals surface area contributed by atoms with Gasteiger partial charge in [0.1, 0.15) is 17.4 Å². The smallest absolute Gasteiger partial charge is 0.250 e. The van der Waals surface area contributed by atoms with Gasteiger partial charge in [-0.1, -0.05) is 23.2 Å². The Balaban J connectivity index is 1.81. The second-order valence-corrected chi connectivity index (χ2v) is 8.36. The zero-order valence-corrected chi connectivity index (χ0v) is 18.7. The van der Waals surface area contributed by atoms with E-state index < -0.39 is 5.91 Å². The molecule has 2 aromatic heterocycles. The van der Waals surface area contributed by atoms with E-state index in [1.54, 1.807) is 24.3 Å². The fourth-order valence-electron chi connectivity index (χ4n) is 2.99. The number of rotatable bonds is 8. The first-order valence-electron chi connectivity index (χ1n) is 9.02. The van der Waals surface area contributed by atoms with Crippen LogP contribution in [0.5, 0.6) is 5.75 Å². The number of amides is 2. The van der Waals surface area contributed by atoms with Gasteiger partial charge in [-0.25, -0.2) is 4.98 Å². The topological polar surface area (TPSA) is 99.2 Å². The van der Waals surface area contributed by atoms with Crippen molar-refractivity contribution in [1.82, 2.24) is 14.9 Å². The van der Waals surface area contributed by atoms with Gasteiger partial charge in [-0.15, -0.1) is 11.3 Å². The fourth-order valence-corrected chi connectivity index (χ4v) is 4.20. The molecule has 0 spiro atoms. The zero-order valence-electron chi connectivity index (χ0n) is 16.4. The molecular weight excluding hydrogens is 447 g/mol. The highest BCUT2D eigenvalue weighted by molar-refractivity contribution is 7.09. The maximum absolute atomic E-state index is 11.8. The van der Waals surface area contributed by atoms with Crippen molar-refractivity contribution in [2.75, 3.05) is 6.54 Å². The number of hydrogen-bond donors (Lipinski definition) is 2. The Morgan fingerprint density at radius 2 is 1.93 bits per heavy atom. The van der Waals surface area contributed by atoms with Crippen molar-refractivity contribution >= 4 is 46.4 Å². The number of carbonyl (C=O) groups excluding carboxylic acids is 2. The number of benzene rings is 1. The Kier molecular flexibility index (Phi) is 7.02. The molecule has 0 bridgehead atoms. The van der Waals surface area contributed by atoms with E-state index in [9.17, 15) is 9.59 Å². The van der Waals surface area contributed by atoms with Crippen LogP contribution in [-0.4, -0.2) is 27.9 Å². The predicted molar refractivity (Wildman–Crippen MR) is 118 cm³/mol. The number of aromatic nitrogens is 2. The van der Waals surface area contributed by atoms with Crippen LogP contribution in [0.2, 0.25) is 10.0 Å². The van der Waals surface area contributed by atoms with E-state index in [-0.39, 0.29) is 12.5 Å². The molecule has 0 saturated carbocycles. The minimum atomic E-state index is -0.511. The first-order chi connectivity index (χ1) is 14.2. The number of primary amides is 1. The molecule has 2 heterocycles. The van der Waals surface area contributed by atoms with Crippen molar-refractivity contribution in [2.24, 2.45) is 5.73 Å². The summed E-state index contributed by atoms with van der Waals surface area (Å²) in [6.45, 7) is 4.42. The molecule has 0 saturated heterocycles. The largest absolute Gasteiger partial charge is 0.486 e. The van der Waals surface area contributed by atoms with E-state index in [1.165, 1.54) is 18.3 Å². The van der Waals surface area contributed by atoms with Crippen molar-refractivity contribution in [2.45, 2.75) is 27.0 Å². The van der Waals surface area contributed by atoms with Crippen LogP contribution in [0, 0.1) is 6.92 Å². The van der Waals surface area contributed by atoms with E-state index in [0.717, 1.165) is 16.4 Å². The number of ether oxygens (including phenoxy) is 1. The number of hydrogen-bond acceptors (Lipinski definition) is 5. The quantitative estimate of drug-likeness (QED) is 0.522. The molecule has 0 unspecified atom stereocenters.